The quantitative estimate of drug-likeness (QED) is 0.770. The standard InChI is InChI=1S/C10H5Cl3N2/c11-7-3-1-6(2-4-7)10-8(12)5-9(13)14-15-10/h1-5H. The maximum Gasteiger partial charge on any atom is 0.153 e. The monoisotopic (exact) mass is 258 g/mol. The predicted molar refractivity (Wildman–Crippen MR) is 62.5 cm³/mol. The molecule has 1 aromatic carbocycles. The fourth-order valence-electron chi connectivity index (χ4n) is 1.15. The topological polar surface area (TPSA) is 25.8 Å². The van der Waals surface area contributed by atoms with Gasteiger partial charge in [0.2, 0.25) is 0 Å². The largest absolute Gasteiger partial charge is 0.153 e. The maximum absolute atomic E-state index is 5.98. The molecule has 0 spiro atoms. The molecule has 5 heteroatoms. The first kappa shape index (κ1) is 10.7. The van der Waals surface area contributed by atoms with Crippen molar-refractivity contribution < 1.29 is 0 Å². The van der Waals surface area contributed by atoms with Gasteiger partial charge in [-0.15, -0.1) is 10.2 Å². The van der Waals surface area contributed by atoms with Gasteiger partial charge in [-0.25, -0.2) is 0 Å². The molecule has 2 aromatic rings. The van der Waals surface area contributed by atoms with Crippen LogP contribution in [-0.4, -0.2) is 10.2 Å². The van der Waals surface area contributed by atoms with Gasteiger partial charge in [0, 0.05) is 10.6 Å². The highest BCUT2D eigenvalue weighted by molar-refractivity contribution is 6.35. The molecule has 0 fully saturated rings. The summed E-state index contributed by atoms with van der Waals surface area (Å²) in [7, 11) is 0. The minimum Gasteiger partial charge on any atom is -0.147 e. The first-order valence-corrected chi connectivity index (χ1v) is 5.25. The Kier molecular flexibility index (Phi) is 3.10. The molecule has 0 bridgehead atoms. The Morgan fingerprint density at radius 3 is 2.13 bits per heavy atom. The average molecular weight is 260 g/mol. The Morgan fingerprint density at radius 2 is 1.53 bits per heavy atom. The number of rotatable bonds is 1. The van der Waals surface area contributed by atoms with Crippen molar-refractivity contribution in [3.63, 3.8) is 0 Å². The predicted octanol–water partition coefficient (Wildman–Crippen LogP) is 4.10. The molecule has 0 aliphatic heterocycles. The van der Waals surface area contributed by atoms with Crippen molar-refractivity contribution in [3.8, 4) is 11.3 Å². The molecule has 0 aliphatic rings. The van der Waals surface area contributed by atoms with Crippen molar-refractivity contribution in [3.05, 3.63) is 45.5 Å². The molecule has 76 valence electrons. The molecule has 0 atom stereocenters. The minimum absolute atomic E-state index is 0.276. The molecular weight excluding hydrogens is 254 g/mol. The van der Waals surface area contributed by atoms with Gasteiger partial charge in [0.1, 0.15) is 5.69 Å². The molecule has 0 aliphatic carbocycles. The lowest BCUT2D eigenvalue weighted by molar-refractivity contribution is 1.04. The number of aromatic nitrogens is 2. The molecule has 0 radical (unpaired) electrons. The van der Waals surface area contributed by atoms with Crippen LogP contribution < -0.4 is 0 Å². The van der Waals surface area contributed by atoms with E-state index >= 15 is 0 Å². The van der Waals surface area contributed by atoms with Crippen LogP contribution in [0.3, 0.4) is 0 Å². The summed E-state index contributed by atoms with van der Waals surface area (Å²) in [6.45, 7) is 0. The highest BCUT2D eigenvalue weighted by Crippen LogP contribution is 2.27. The second-order valence-electron chi connectivity index (χ2n) is 2.87. The highest BCUT2D eigenvalue weighted by atomic mass is 35.5. The summed E-state index contributed by atoms with van der Waals surface area (Å²) in [5.74, 6) is 0. The van der Waals surface area contributed by atoms with Gasteiger partial charge in [-0.05, 0) is 18.2 Å². The van der Waals surface area contributed by atoms with E-state index in [0.29, 0.717) is 15.7 Å². The summed E-state index contributed by atoms with van der Waals surface area (Å²) in [6.07, 6.45) is 0. The van der Waals surface area contributed by atoms with Crippen molar-refractivity contribution in [1.29, 1.82) is 0 Å². The minimum atomic E-state index is 0.276. The third-order valence-electron chi connectivity index (χ3n) is 1.84. The van der Waals surface area contributed by atoms with Crippen molar-refractivity contribution in [2.75, 3.05) is 0 Å². The van der Waals surface area contributed by atoms with E-state index in [1.807, 2.05) is 12.1 Å². The van der Waals surface area contributed by atoms with Gasteiger partial charge in [0.25, 0.3) is 0 Å². The van der Waals surface area contributed by atoms with E-state index in [9.17, 15) is 0 Å². The van der Waals surface area contributed by atoms with Crippen LogP contribution in [0.5, 0.6) is 0 Å². The van der Waals surface area contributed by atoms with E-state index in [-0.39, 0.29) is 5.15 Å². The summed E-state index contributed by atoms with van der Waals surface area (Å²) in [4.78, 5) is 0. The zero-order chi connectivity index (χ0) is 10.8. The van der Waals surface area contributed by atoms with E-state index in [2.05, 4.69) is 10.2 Å². The van der Waals surface area contributed by atoms with E-state index in [4.69, 9.17) is 34.8 Å². The lowest BCUT2D eigenvalue weighted by Gasteiger charge is -2.02. The van der Waals surface area contributed by atoms with Crippen LogP contribution in [0.1, 0.15) is 0 Å². The molecule has 0 amide bonds. The van der Waals surface area contributed by atoms with Crippen molar-refractivity contribution in [2.45, 2.75) is 0 Å². The highest BCUT2D eigenvalue weighted by Gasteiger charge is 2.06. The Labute approximate surface area is 102 Å². The molecule has 2 nitrogen and oxygen atoms in total. The van der Waals surface area contributed by atoms with E-state index in [1.165, 1.54) is 0 Å². The zero-order valence-corrected chi connectivity index (χ0v) is 9.68. The number of nitrogens with zero attached hydrogens (tertiary/aromatic N) is 2. The first-order chi connectivity index (χ1) is 7.16. The third kappa shape index (κ3) is 2.40. The van der Waals surface area contributed by atoms with E-state index < -0.39 is 0 Å². The number of benzene rings is 1. The molecule has 15 heavy (non-hydrogen) atoms. The lowest BCUT2D eigenvalue weighted by atomic mass is 10.1. The second kappa shape index (κ2) is 4.35. The van der Waals surface area contributed by atoms with Crippen LogP contribution in [0.25, 0.3) is 11.3 Å². The first-order valence-electron chi connectivity index (χ1n) is 4.11. The van der Waals surface area contributed by atoms with Crippen LogP contribution in [0.4, 0.5) is 0 Å². The SMILES string of the molecule is Clc1ccc(-c2nnc(Cl)cc2Cl)cc1. The van der Waals surface area contributed by atoms with Gasteiger partial charge in [-0.2, -0.15) is 0 Å². The molecule has 0 N–H and O–H groups in total. The van der Waals surface area contributed by atoms with Crippen LogP contribution in [-0.2, 0) is 0 Å². The molecular formula is C10H5Cl3N2. The number of hydrogen-bond donors (Lipinski definition) is 0. The van der Waals surface area contributed by atoms with Gasteiger partial charge < -0.3 is 0 Å². The average Bonchev–Trinajstić information content (AvgIpc) is 2.20. The van der Waals surface area contributed by atoms with Crippen LogP contribution in [0.15, 0.2) is 30.3 Å². The Morgan fingerprint density at radius 1 is 0.867 bits per heavy atom. The fourth-order valence-corrected chi connectivity index (χ4v) is 1.73. The zero-order valence-electron chi connectivity index (χ0n) is 7.42. The Bertz CT molecular complexity index is 483. The van der Waals surface area contributed by atoms with Crippen LogP contribution in [0.2, 0.25) is 15.2 Å². The van der Waals surface area contributed by atoms with Gasteiger partial charge in [-0.1, -0.05) is 46.9 Å². The molecule has 1 heterocycles. The molecule has 1 aromatic heterocycles. The molecule has 0 saturated carbocycles. The van der Waals surface area contributed by atoms with Crippen molar-refractivity contribution in [1.82, 2.24) is 10.2 Å². The van der Waals surface area contributed by atoms with E-state index in [0.717, 1.165) is 5.56 Å². The van der Waals surface area contributed by atoms with Crippen molar-refractivity contribution >= 4 is 34.8 Å². The third-order valence-corrected chi connectivity index (χ3v) is 2.56. The van der Waals surface area contributed by atoms with E-state index in [1.54, 1.807) is 18.2 Å². The lowest BCUT2D eigenvalue weighted by Crippen LogP contribution is -1.89. The molecule has 0 saturated heterocycles. The summed E-state index contributed by atoms with van der Waals surface area (Å²) in [6, 6.07) is 8.74. The summed E-state index contributed by atoms with van der Waals surface area (Å²) < 4.78 is 0. The number of hydrogen-bond acceptors (Lipinski definition) is 2. The van der Waals surface area contributed by atoms with Crippen molar-refractivity contribution in [2.24, 2.45) is 0 Å². The summed E-state index contributed by atoms with van der Waals surface area (Å²) >= 11 is 17.4. The Hall–Kier alpha value is -0.830. The maximum atomic E-state index is 5.98. The molecule has 0 unspecified atom stereocenters. The summed E-state index contributed by atoms with van der Waals surface area (Å²) in [5.41, 5.74) is 1.45. The van der Waals surface area contributed by atoms with Gasteiger partial charge in [-0.3, -0.25) is 0 Å². The van der Waals surface area contributed by atoms with Crippen LogP contribution in [0, 0.1) is 0 Å². The molecule has 2 rings (SSSR count). The fraction of sp³-hybridized carbons (Fsp3) is 0. The van der Waals surface area contributed by atoms with Gasteiger partial charge in [0.15, 0.2) is 5.15 Å². The normalized spacial score (nSPS) is 10.3. The van der Waals surface area contributed by atoms with Gasteiger partial charge in [0.05, 0.1) is 5.02 Å². The Balaban J connectivity index is 2.49. The van der Waals surface area contributed by atoms with Crippen LogP contribution >= 0.6 is 34.8 Å². The summed E-state index contributed by atoms with van der Waals surface area (Å²) in [5, 5.41) is 9.07. The smallest absolute Gasteiger partial charge is 0.147 e. The second-order valence-corrected chi connectivity index (χ2v) is 4.10. The van der Waals surface area contributed by atoms with Gasteiger partial charge >= 0.3 is 0 Å². The number of halogens is 3.